The fourth-order valence-corrected chi connectivity index (χ4v) is 4.79. The van der Waals surface area contributed by atoms with Gasteiger partial charge in [0.1, 0.15) is 27.8 Å². The van der Waals surface area contributed by atoms with Crippen molar-refractivity contribution >= 4 is 55.9 Å². The van der Waals surface area contributed by atoms with Crippen molar-refractivity contribution in [3.05, 3.63) is 43.2 Å². The van der Waals surface area contributed by atoms with Gasteiger partial charge >= 0.3 is 0 Å². The number of nitriles is 1. The summed E-state index contributed by atoms with van der Waals surface area (Å²) in [5.41, 5.74) is 0.803. The van der Waals surface area contributed by atoms with Crippen LogP contribution < -0.4 is 4.74 Å². The molecule has 0 bridgehead atoms. The molecule has 9 heteroatoms. The largest absolute Gasteiger partial charge is 0.478 e. The van der Waals surface area contributed by atoms with Crippen LogP contribution >= 0.6 is 39.0 Å². The number of halogens is 1. The molecule has 3 rings (SSSR count). The number of ether oxygens (including phenoxy) is 1. The number of aryl methyl sites for hydroxylation is 1. The standard InChI is InChI=1S/C17H13BrN4O2S2/c1-2-13-21-22-17(26-13)14-15(23)12(25-16(14)20)8-9-3-4-11(10(18)7-9)24-6-5-19/h3-4,7-8,14,20H,2,6H2,1H3/b12-8-,20-16?/t14-/m0/s1. The average molecular weight is 449 g/mol. The van der Waals surface area contributed by atoms with E-state index in [-0.39, 0.29) is 17.4 Å². The Labute approximate surface area is 166 Å². The first kappa shape index (κ1) is 18.8. The van der Waals surface area contributed by atoms with Crippen molar-refractivity contribution in [2.45, 2.75) is 19.3 Å². The number of Topliss-reactive ketones (excluding diaryl/α,β-unsaturated/α-hetero) is 1. The molecule has 0 radical (unpaired) electrons. The molecular weight excluding hydrogens is 436 g/mol. The molecule has 26 heavy (non-hydrogen) atoms. The SMILES string of the molecule is CCc1nnc([C@@H]2C(=N)S/C(=C\c3ccc(OCC#N)c(Br)c3)C2=O)s1. The predicted octanol–water partition coefficient (Wildman–Crippen LogP) is 4.18. The zero-order valence-electron chi connectivity index (χ0n) is 13.7. The first-order chi connectivity index (χ1) is 12.5. The summed E-state index contributed by atoms with van der Waals surface area (Å²) in [5, 5.41) is 26.6. The van der Waals surface area contributed by atoms with Crippen LogP contribution in [0.5, 0.6) is 5.75 Å². The molecule has 0 spiro atoms. The van der Waals surface area contributed by atoms with Gasteiger partial charge in [0.25, 0.3) is 0 Å². The van der Waals surface area contributed by atoms with Crippen LogP contribution in [0.3, 0.4) is 0 Å². The zero-order valence-corrected chi connectivity index (χ0v) is 16.9. The number of thioether (sulfide) groups is 1. The topological polar surface area (TPSA) is 99.7 Å². The van der Waals surface area contributed by atoms with Crippen molar-refractivity contribution in [2.24, 2.45) is 0 Å². The second-order valence-electron chi connectivity index (χ2n) is 5.30. The molecular formula is C17H13BrN4O2S2. The summed E-state index contributed by atoms with van der Waals surface area (Å²) in [6.07, 6.45) is 2.51. The molecule has 1 aliphatic heterocycles. The summed E-state index contributed by atoms with van der Waals surface area (Å²) in [6, 6.07) is 7.26. The maximum absolute atomic E-state index is 12.7. The van der Waals surface area contributed by atoms with Crippen LogP contribution in [0.4, 0.5) is 0 Å². The third kappa shape index (κ3) is 3.87. The van der Waals surface area contributed by atoms with Gasteiger partial charge in [0.15, 0.2) is 12.4 Å². The first-order valence-corrected chi connectivity index (χ1v) is 10.1. The third-order valence-corrected chi connectivity index (χ3v) is 6.31. The Hall–Kier alpha value is -2.02. The number of nitrogens with one attached hydrogen (secondary N) is 1. The van der Waals surface area contributed by atoms with Crippen molar-refractivity contribution in [1.29, 1.82) is 10.7 Å². The Balaban J connectivity index is 1.84. The molecule has 0 aliphatic carbocycles. The predicted molar refractivity (Wildman–Crippen MR) is 106 cm³/mol. The minimum absolute atomic E-state index is 0.0339. The lowest BCUT2D eigenvalue weighted by Gasteiger charge is -2.05. The molecule has 1 N–H and O–H groups in total. The lowest BCUT2D eigenvalue weighted by Crippen LogP contribution is -2.11. The van der Waals surface area contributed by atoms with Crippen LogP contribution in [-0.4, -0.2) is 27.6 Å². The number of aromatic nitrogens is 2. The maximum atomic E-state index is 12.7. The molecule has 1 aromatic heterocycles. The number of hydrogen-bond donors (Lipinski definition) is 1. The van der Waals surface area contributed by atoms with Gasteiger partial charge < -0.3 is 4.74 Å². The molecule has 1 aliphatic rings. The van der Waals surface area contributed by atoms with Gasteiger partial charge in [-0.1, -0.05) is 24.8 Å². The van der Waals surface area contributed by atoms with E-state index in [9.17, 15) is 4.79 Å². The van der Waals surface area contributed by atoms with Gasteiger partial charge in [-0.25, -0.2) is 0 Å². The van der Waals surface area contributed by atoms with Gasteiger partial charge in [-0.3, -0.25) is 10.2 Å². The lowest BCUT2D eigenvalue weighted by molar-refractivity contribution is -0.114. The summed E-state index contributed by atoms with van der Waals surface area (Å²) in [7, 11) is 0. The molecule has 2 aromatic rings. The highest BCUT2D eigenvalue weighted by Gasteiger charge is 2.39. The first-order valence-electron chi connectivity index (χ1n) is 7.67. The average Bonchev–Trinajstić information content (AvgIpc) is 3.19. The third-order valence-electron chi connectivity index (χ3n) is 3.56. The number of rotatable bonds is 5. The molecule has 0 amide bonds. The van der Waals surface area contributed by atoms with E-state index >= 15 is 0 Å². The second kappa shape index (κ2) is 8.12. The Morgan fingerprint density at radius 3 is 2.92 bits per heavy atom. The van der Waals surface area contributed by atoms with Crippen LogP contribution in [0, 0.1) is 16.7 Å². The smallest absolute Gasteiger partial charge is 0.186 e. The van der Waals surface area contributed by atoms with Gasteiger partial charge in [0, 0.05) is 0 Å². The van der Waals surface area contributed by atoms with E-state index in [1.54, 1.807) is 18.2 Å². The summed E-state index contributed by atoms with van der Waals surface area (Å²) in [4.78, 5) is 13.3. The van der Waals surface area contributed by atoms with Gasteiger partial charge in [-0.05, 0) is 46.1 Å². The number of carbonyl (C=O) groups excluding carboxylic acids is 1. The maximum Gasteiger partial charge on any atom is 0.186 e. The molecule has 0 unspecified atom stereocenters. The molecule has 2 heterocycles. The Kier molecular flexibility index (Phi) is 5.86. The Morgan fingerprint density at radius 1 is 1.46 bits per heavy atom. The van der Waals surface area contributed by atoms with Gasteiger partial charge in [-0.15, -0.1) is 21.5 Å². The van der Waals surface area contributed by atoms with Crippen molar-refractivity contribution in [3.63, 3.8) is 0 Å². The monoisotopic (exact) mass is 448 g/mol. The van der Waals surface area contributed by atoms with E-state index in [0.29, 0.717) is 20.1 Å². The van der Waals surface area contributed by atoms with E-state index in [1.165, 1.54) is 11.3 Å². The molecule has 0 saturated carbocycles. The van der Waals surface area contributed by atoms with E-state index < -0.39 is 5.92 Å². The number of ketones is 1. The molecule has 1 atom stereocenters. The second-order valence-corrected chi connectivity index (χ2v) is 8.33. The summed E-state index contributed by atoms with van der Waals surface area (Å²) < 4.78 is 5.98. The van der Waals surface area contributed by atoms with Crippen LogP contribution in [0.15, 0.2) is 27.6 Å². The number of benzene rings is 1. The van der Waals surface area contributed by atoms with E-state index in [1.807, 2.05) is 19.1 Å². The van der Waals surface area contributed by atoms with Crippen LogP contribution in [0.25, 0.3) is 6.08 Å². The Bertz CT molecular complexity index is 948. The fraction of sp³-hybridized carbons (Fsp3) is 0.235. The van der Waals surface area contributed by atoms with Crippen LogP contribution in [0.1, 0.15) is 28.4 Å². The van der Waals surface area contributed by atoms with Gasteiger partial charge in [-0.2, -0.15) is 5.26 Å². The normalized spacial score (nSPS) is 18.3. The summed E-state index contributed by atoms with van der Waals surface area (Å²) >= 11 is 5.94. The zero-order chi connectivity index (χ0) is 18.7. The summed E-state index contributed by atoms with van der Waals surface area (Å²) in [5.74, 6) is -0.212. The van der Waals surface area contributed by atoms with Crippen LogP contribution in [-0.2, 0) is 11.2 Å². The number of carbonyl (C=O) groups is 1. The molecule has 1 saturated heterocycles. The number of hydrogen-bond acceptors (Lipinski definition) is 8. The van der Waals surface area contributed by atoms with Crippen molar-refractivity contribution in [2.75, 3.05) is 6.61 Å². The van der Waals surface area contributed by atoms with Crippen molar-refractivity contribution < 1.29 is 9.53 Å². The minimum atomic E-state index is -0.647. The van der Waals surface area contributed by atoms with E-state index in [2.05, 4.69) is 26.1 Å². The lowest BCUT2D eigenvalue weighted by atomic mass is 10.1. The van der Waals surface area contributed by atoms with Crippen LogP contribution in [0.2, 0.25) is 0 Å². The molecule has 6 nitrogen and oxygen atoms in total. The fourth-order valence-electron chi connectivity index (χ4n) is 2.33. The van der Waals surface area contributed by atoms with Gasteiger partial charge in [0.2, 0.25) is 0 Å². The van der Waals surface area contributed by atoms with Gasteiger partial charge in [0.05, 0.1) is 14.4 Å². The highest BCUT2D eigenvalue weighted by molar-refractivity contribution is 9.10. The number of nitrogens with zero attached hydrogens (tertiary/aromatic N) is 3. The van der Waals surface area contributed by atoms with E-state index in [0.717, 1.165) is 28.8 Å². The highest BCUT2D eigenvalue weighted by Crippen LogP contribution is 2.41. The minimum Gasteiger partial charge on any atom is -0.478 e. The quantitative estimate of drug-likeness (QED) is 0.688. The van der Waals surface area contributed by atoms with E-state index in [4.69, 9.17) is 15.4 Å². The molecule has 132 valence electrons. The molecule has 1 aromatic carbocycles. The molecule has 1 fully saturated rings. The number of allylic oxidation sites excluding steroid dienone is 1. The van der Waals surface area contributed by atoms with Crippen molar-refractivity contribution in [1.82, 2.24) is 10.2 Å². The summed E-state index contributed by atoms with van der Waals surface area (Å²) in [6.45, 7) is 1.95. The van der Waals surface area contributed by atoms with Crippen molar-refractivity contribution in [3.8, 4) is 11.8 Å². The Morgan fingerprint density at radius 2 is 2.27 bits per heavy atom. The highest BCUT2D eigenvalue weighted by atomic mass is 79.9.